The Morgan fingerprint density at radius 2 is 2.00 bits per heavy atom. The number of hydrogen-bond acceptors (Lipinski definition) is 3. The molecule has 0 radical (unpaired) electrons. The fourth-order valence-corrected chi connectivity index (χ4v) is 2.66. The Kier molecular flexibility index (Phi) is 4.06. The molecular formula is C16H16ClN3O. The maximum absolute atomic E-state index is 12.3. The fourth-order valence-electron chi connectivity index (χ4n) is 2.47. The van der Waals surface area contributed by atoms with Gasteiger partial charge in [0, 0.05) is 30.0 Å². The number of amides is 1. The van der Waals surface area contributed by atoms with Crippen LogP contribution in [0.1, 0.15) is 23.2 Å². The Labute approximate surface area is 128 Å². The number of benzene rings is 1. The van der Waals surface area contributed by atoms with Crippen molar-refractivity contribution in [2.24, 2.45) is 0 Å². The zero-order valence-corrected chi connectivity index (χ0v) is 12.3. The number of rotatable bonds is 3. The van der Waals surface area contributed by atoms with Crippen molar-refractivity contribution in [1.29, 1.82) is 0 Å². The first kappa shape index (κ1) is 13.9. The van der Waals surface area contributed by atoms with Gasteiger partial charge in [0.2, 0.25) is 0 Å². The monoisotopic (exact) mass is 301 g/mol. The number of nitrogens with one attached hydrogen (secondary N) is 1. The van der Waals surface area contributed by atoms with Gasteiger partial charge in [0.15, 0.2) is 0 Å². The van der Waals surface area contributed by atoms with E-state index in [1.54, 1.807) is 24.4 Å². The van der Waals surface area contributed by atoms with E-state index < -0.39 is 0 Å². The molecule has 108 valence electrons. The normalized spacial score (nSPS) is 14.2. The van der Waals surface area contributed by atoms with E-state index in [0.717, 1.165) is 18.8 Å². The predicted molar refractivity (Wildman–Crippen MR) is 85.1 cm³/mol. The Bertz CT molecular complexity index is 653. The lowest BCUT2D eigenvalue weighted by molar-refractivity contribution is 0.102. The number of hydrogen-bond donors (Lipinski definition) is 1. The second-order valence-corrected chi connectivity index (χ2v) is 5.53. The maximum Gasteiger partial charge on any atom is 0.257 e. The highest BCUT2D eigenvalue weighted by Gasteiger charge is 2.15. The molecule has 0 aliphatic carbocycles. The number of anilines is 2. The summed E-state index contributed by atoms with van der Waals surface area (Å²) in [6.07, 6.45) is 5.78. The largest absolute Gasteiger partial charge is 0.370 e. The van der Waals surface area contributed by atoms with Gasteiger partial charge in [0.25, 0.3) is 5.91 Å². The highest BCUT2D eigenvalue weighted by Crippen LogP contribution is 2.21. The summed E-state index contributed by atoms with van der Waals surface area (Å²) in [5.74, 6) is -0.175. The van der Waals surface area contributed by atoms with Crippen LogP contribution in [0.15, 0.2) is 42.7 Å². The van der Waals surface area contributed by atoms with Crippen LogP contribution in [-0.4, -0.2) is 24.0 Å². The van der Waals surface area contributed by atoms with Gasteiger partial charge in [-0.3, -0.25) is 9.78 Å². The lowest BCUT2D eigenvalue weighted by Gasteiger charge is -2.17. The molecule has 0 saturated carbocycles. The van der Waals surface area contributed by atoms with Gasteiger partial charge >= 0.3 is 0 Å². The molecule has 0 spiro atoms. The number of carbonyl (C=O) groups excluding carboxylic acids is 1. The highest BCUT2D eigenvalue weighted by atomic mass is 35.5. The number of nitrogens with zero attached hydrogens (tertiary/aromatic N) is 2. The Morgan fingerprint density at radius 3 is 2.76 bits per heavy atom. The topological polar surface area (TPSA) is 45.2 Å². The molecule has 0 bridgehead atoms. The van der Waals surface area contributed by atoms with Gasteiger partial charge in [-0.25, -0.2) is 0 Å². The number of pyridine rings is 1. The molecule has 4 nitrogen and oxygen atoms in total. The molecule has 5 heteroatoms. The van der Waals surface area contributed by atoms with Crippen LogP contribution in [0.25, 0.3) is 0 Å². The quantitative estimate of drug-likeness (QED) is 0.942. The summed E-state index contributed by atoms with van der Waals surface area (Å²) < 4.78 is 0. The van der Waals surface area contributed by atoms with E-state index in [1.807, 2.05) is 18.3 Å². The molecule has 1 aliphatic heterocycles. The second kappa shape index (κ2) is 6.14. The lowest BCUT2D eigenvalue weighted by Crippen LogP contribution is -2.19. The van der Waals surface area contributed by atoms with Gasteiger partial charge in [0.05, 0.1) is 17.4 Å². The molecule has 2 heterocycles. The van der Waals surface area contributed by atoms with Crippen molar-refractivity contribution in [2.75, 3.05) is 23.3 Å². The molecule has 1 aromatic heterocycles. The van der Waals surface area contributed by atoms with E-state index in [9.17, 15) is 4.79 Å². The number of halogens is 1. The molecule has 1 aromatic carbocycles. The summed E-state index contributed by atoms with van der Waals surface area (Å²) in [7, 11) is 0. The molecule has 1 fully saturated rings. The van der Waals surface area contributed by atoms with E-state index in [2.05, 4.69) is 15.2 Å². The summed E-state index contributed by atoms with van der Waals surface area (Å²) in [5, 5.41) is 3.43. The average molecular weight is 302 g/mol. The molecule has 0 atom stereocenters. The third-order valence-electron chi connectivity index (χ3n) is 3.54. The van der Waals surface area contributed by atoms with Crippen molar-refractivity contribution in [1.82, 2.24) is 4.98 Å². The molecule has 1 N–H and O–H groups in total. The molecular weight excluding hydrogens is 286 g/mol. The van der Waals surface area contributed by atoms with E-state index >= 15 is 0 Å². The first-order chi connectivity index (χ1) is 10.2. The van der Waals surface area contributed by atoms with E-state index in [4.69, 9.17) is 11.6 Å². The van der Waals surface area contributed by atoms with Crippen molar-refractivity contribution in [2.45, 2.75) is 12.8 Å². The van der Waals surface area contributed by atoms with Gasteiger partial charge in [-0.05, 0) is 37.1 Å². The van der Waals surface area contributed by atoms with Crippen LogP contribution >= 0.6 is 11.6 Å². The fraction of sp³-hybridized carbons (Fsp3) is 0.250. The van der Waals surface area contributed by atoms with Gasteiger partial charge in [-0.15, -0.1) is 0 Å². The van der Waals surface area contributed by atoms with Crippen LogP contribution in [0.3, 0.4) is 0 Å². The van der Waals surface area contributed by atoms with Crippen LogP contribution in [0, 0.1) is 0 Å². The minimum atomic E-state index is -0.175. The summed E-state index contributed by atoms with van der Waals surface area (Å²) >= 11 is 5.92. The first-order valence-electron chi connectivity index (χ1n) is 6.99. The maximum atomic E-state index is 12.3. The standard InChI is InChI=1S/C16H16ClN3O/c17-13-4-3-5-14(9-13)19-16(21)12-8-15(11-18-10-12)20-6-1-2-7-20/h3-5,8-11H,1-2,6-7H2,(H,19,21). The van der Waals surface area contributed by atoms with Gasteiger partial charge in [0.1, 0.15) is 0 Å². The van der Waals surface area contributed by atoms with Gasteiger partial charge < -0.3 is 10.2 Å². The van der Waals surface area contributed by atoms with Crippen LogP contribution in [0.5, 0.6) is 0 Å². The Balaban J connectivity index is 1.76. The number of carbonyl (C=O) groups is 1. The molecule has 0 unspecified atom stereocenters. The van der Waals surface area contributed by atoms with Gasteiger partial charge in [-0.2, -0.15) is 0 Å². The summed E-state index contributed by atoms with van der Waals surface area (Å²) in [6.45, 7) is 2.06. The summed E-state index contributed by atoms with van der Waals surface area (Å²) in [4.78, 5) is 18.7. The molecule has 3 rings (SSSR count). The predicted octanol–water partition coefficient (Wildman–Crippen LogP) is 3.59. The van der Waals surface area contributed by atoms with Crippen molar-refractivity contribution < 1.29 is 4.79 Å². The van der Waals surface area contributed by atoms with E-state index in [-0.39, 0.29) is 5.91 Å². The molecule has 1 saturated heterocycles. The minimum Gasteiger partial charge on any atom is -0.370 e. The minimum absolute atomic E-state index is 0.175. The molecule has 1 aliphatic rings. The van der Waals surface area contributed by atoms with Crippen molar-refractivity contribution in [3.8, 4) is 0 Å². The van der Waals surface area contributed by atoms with Crippen molar-refractivity contribution in [3.05, 3.63) is 53.3 Å². The third kappa shape index (κ3) is 3.34. The van der Waals surface area contributed by atoms with Gasteiger partial charge in [-0.1, -0.05) is 17.7 Å². The van der Waals surface area contributed by atoms with Crippen molar-refractivity contribution in [3.63, 3.8) is 0 Å². The zero-order chi connectivity index (χ0) is 14.7. The Morgan fingerprint density at radius 1 is 1.19 bits per heavy atom. The van der Waals surface area contributed by atoms with E-state index in [0.29, 0.717) is 16.3 Å². The van der Waals surface area contributed by atoms with Crippen LogP contribution in [0.4, 0.5) is 11.4 Å². The zero-order valence-electron chi connectivity index (χ0n) is 11.6. The SMILES string of the molecule is O=C(Nc1cccc(Cl)c1)c1cncc(N2CCCC2)c1. The molecule has 21 heavy (non-hydrogen) atoms. The number of aromatic nitrogens is 1. The summed E-state index contributed by atoms with van der Waals surface area (Å²) in [5.41, 5.74) is 2.24. The summed E-state index contributed by atoms with van der Waals surface area (Å²) in [6, 6.07) is 8.99. The average Bonchev–Trinajstić information content (AvgIpc) is 3.02. The smallest absolute Gasteiger partial charge is 0.257 e. The first-order valence-corrected chi connectivity index (χ1v) is 7.37. The third-order valence-corrected chi connectivity index (χ3v) is 3.77. The molecule has 2 aromatic rings. The van der Waals surface area contributed by atoms with Crippen molar-refractivity contribution >= 4 is 28.9 Å². The lowest BCUT2D eigenvalue weighted by atomic mass is 10.2. The highest BCUT2D eigenvalue weighted by molar-refractivity contribution is 6.30. The Hall–Kier alpha value is -2.07. The van der Waals surface area contributed by atoms with E-state index in [1.165, 1.54) is 12.8 Å². The van der Waals surface area contributed by atoms with Crippen LogP contribution in [-0.2, 0) is 0 Å². The second-order valence-electron chi connectivity index (χ2n) is 5.09. The van der Waals surface area contributed by atoms with Crippen LogP contribution in [0.2, 0.25) is 5.02 Å². The van der Waals surface area contributed by atoms with Crippen LogP contribution < -0.4 is 10.2 Å². The molecule has 1 amide bonds.